The normalized spacial score (nSPS) is 13.0. The van der Waals surface area contributed by atoms with E-state index in [0.717, 1.165) is 16.9 Å². The largest absolute Gasteiger partial charge is 0.454 e. The Morgan fingerprint density at radius 1 is 1.12 bits per heavy atom. The molecule has 2 aromatic carbocycles. The number of amides is 1. The third-order valence-electron chi connectivity index (χ3n) is 4.05. The molecule has 0 unspecified atom stereocenters. The zero-order valence-electron chi connectivity index (χ0n) is 14.1. The predicted octanol–water partition coefficient (Wildman–Crippen LogP) is 3.23. The molecule has 0 atom stereocenters. The Labute approximate surface area is 141 Å². The smallest absolute Gasteiger partial charge is 0.251 e. The third kappa shape index (κ3) is 3.36. The summed E-state index contributed by atoms with van der Waals surface area (Å²) in [5, 5.41) is 3.06. The summed E-state index contributed by atoms with van der Waals surface area (Å²) in [5.74, 6) is 1.31. The Bertz CT molecular complexity index is 738. The number of methoxy groups -OCH3 is 1. The topological polar surface area (TPSA) is 56.8 Å². The second-order valence-corrected chi connectivity index (χ2v) is 6.28. The van der Waals surface area contributed by atoms with Crippen LogP contribution in [0.3, 0.4) is 0 Å². The van der Waals surface area contributed by atoms with Crippen LogP contribution in [0.5, 0.6) is 11.5 Å². The first-order chi connectivity index (χ1) is 11.5. The maximum atomic E-state index is 12.5. The van der Waals surface area contributed by atoms with Crippen LogP contribution in [0.2, 0.25) is 0 Å². The lowest BCUT2D eigenvalue weighted by Gasteiger charge is -2.27. The fourth-order valence-corrected chi connectivity index (χ4v) is 2.63. The summed E-state index contributed by atoms with van der Waals surface area (Å²) in [6, 6.07) is 13.1. The van der Waals surface area contributed by atoms with Gasteiger partial charge in [-0.05, 0) is 49.2 Å². The minimum Gasteiger partial charge on any atom is -0.454 e. The van der Waals surface area contributed by atoms with Gasteiger partial charge in [0.15, 0.2) is 11.5 Å². The second kappa shape index (κ2) is 6.53. The number of fused-ring (bicyclic) bond motifs is 1. The van der Waals surface area contributed by atoms with E-state index >= 15 is 0 Å². The van der Waals surface area contributed by atoms with Gasteiger partial charge in [-0.15, -0.1) is 0 Å². The maximum absolute atomic E-state index is 12.5. The van der Waals surface area contributed by atoms with E-state index in [2.05, 4.69) is 5.32 Å². The highest BCUT2D eigenvalue weighted by Gasteiger charge is 2.26. The Balaban J connectivity index is 1.74. The Morgan fingerprint density at radius 2 is 1.83 bits per heavy atom. The molecule has 0 saturated carbocycles. The van der Waals surface area contributed by atoms with Gasteiger partial charge in [-0.25, -0.2) is 0 Å². The number of hydrogen-bond donors (Lipinski definition) is 1. The third-order valence-corrected chi connectivity index (χ3v) is 4.05. The number of benzene rings is 2. The van der Waals surface area contributed by atoms with E-state index < -0.39 is 5.54 Å². The SMILES string of the molecule is COCc1ccc(C(=O)NC(C)(C)c2ccc3c(c2)OCO3)cc1. The monoisotopic (exact) mass is 327 g/mol. The molecule has 0 aliphatic carbocycles. The fraction of sp³-hybridized carbons (Fsp3) is 0.316. The molecule has 3 rings (SSSR count). The number of hydrogen-bond acceptors (Lipinski definition) is 4. The van der Waals surface area contributed by atoms with Gasteiger partial charge in [0.25, 0.3) is 5.91 Å². The summed E-state index contributed by atoms with van der Waals surface area (Å²) in [6.45, 7) is 4.69. The van der Waals surface area contributed by atoms with E-state index in [1.54, 1.807) is 19.2 Å². The molecule has 1 amide bonds. The quantitative estimate of drug-likeness (QED) is 0.916. The van der Waals surface area contributed by atoms with Crippen LogP contribution in [0.25, 0.3) is 0 Å². The molecule has 0 aromatic heterocycles. The summed E-state index contributed by atoms with van der Waals surface area (Å²) >= 11 is 0. The van der Waals surface area contributed by atoms with Gasteiger partial charge in [0, 0.05) is 12.7 Å². The van der Waals surface area contributed by atoms with Crippen molar-refractivity contribution in [3.8, 4) is 11.5 Å². The molecule has 1 aliphatic heterocycles. The molecular formula is C19H21NO4. The van der Waals surface area contributed by atoms with Crippen molar-refractivity contribution in [3.05, 3.63) is 59.2 Å². The number of nitrogens with one attached hydrogen (secondary N) is 1. The fourth-order valence-electron chi connectivity index (χ4n) is 2.63. The number of ether oxygens (including phenoxy) is 3. The van der Waals surface area contributed by atoms with Gasteiger partial charge in [0.05, 0.1) is 12.1 Å². The molecule has 0 fully saturated rings. The molecule has 126 valence electrons. The van der Waals surface area contributed by atoms with Crippen LogP contribution < -0.4 is 14.8 Å². The predicted molar refractivity (Wildman–Crippen MR) is 90.2 cm³/mol. The van der Waals surface area contributed by atoms with Gasteiger partial charge in [-0.2, -0.15) is 0 Å². The lowest BCUT2D eigenvalue weighted by atomic mass is 9.93. The molecule has 24 heavy (non-hydrogen) atoms. The Morgan fingerprint density at radius 3 is 2.54 bits per heavy atom. The number of rotatable bonds is 5. The van der Waals surface area contributed by atoms with Gasteiger partial charge in [0.1, 0.15) is 0 Å². The zero-order chi connectivity index (χ0) is 17.2. The van der Waals surface area contributed by atoms with Crippen molar-refractivity contribution >= 4 is 5.91 Å². The highest BCUT2D eigenvalue weighted by Crippen LogP contribution is 2.35. The zero-order valence-corrected chi connectivity index (χ0v) is 14.1. The maximum Gasteiger partial charge on any atom is 0.251 e. The molecule has 0 spiro atoms. The van der Waals surface area contributed by atoms with E-state index in [1.807, 2.05) is 44.2 Å². The van der Waals surface area contributed by atoms with Gasteiger partial charge in [0.2, 0.25) is 6.79 Å². The van der Waals surface area contributed by atoms with Gasteiger partial charge in [-0.3, -0.25) is 4.79 Å². The first kappa shape index (κ1) is 16.3. The van der Waals surface area contributed by atoms with Crippen molar-refractivity contribution in [1.82, 2.24) is 5.32 Å². The minimum atomic E-state index is -0.538. The van der Waals surface area contributed by atoms with Crippen LogP contribution >= 0.6 is 0 Å². The lowest BCUT2D eigenvalue weighted by molar-refractivity contribution is 0.0911. The van der Waals surface area contributed by atoms with Crippen LogP contribution in [-0.4, -0.2) is 19.8 Å². The second-order valence-electron chi connectivity index (χ2n) is 6.28. The molecule has 5 heteroatoms. The van der Waals surface area contributed by atoms with Crippen LogP contribution in [0.1, 0.15) is 35.3 Å². The highest BCUT2D eigenvalue weighted by atomic mass is 16.7. The molecule has 1 aliphatic rings. The molecule has 0 bridgehead atoms. The average molecular weight is 327 g/mol. The van der Waals surface area contributed by atoms with Crippen molar-refractivity contribution in [1.29, 1.82) is 0 Å². The van der Waals surface area contributed by atoms with E-state index in [4.69, 9.17) is 14.2 Å². The lowest BCUT2D eigenvalue weighted by Crippen LogP contribution is -2.40. The molecule has 0 saturated heterocycles. The molecule has 1 heterocycles. The Hall–Kier alpha value is -2.53. The van der Waals surface area contributed by atoms with E-state index in [0.29, 0.717) is 17.9 Å². The summed E-state index contributed by atoms with van der Waals surface area (Å²) in [5.41, 5.74) is 2.06. The summed E-state index contributed by atoms with van der Waals surface area (Å²) in [6.07, 6.45) is 0. The Kier molecular flexibility index (Phi) is 4.44. The summed E-state index contributed by atoms with van der Waals surface area (Å²) < 4.78 is 15.8. The summed E-state index contributed by atoms with van der Waals surface area (Å²) in [7, 11) is 1.65. The van der Waals surface area contributed by atoms with E-state index in [1.165, 1.54) is 0 Å². The van der Waals surface area contributed by atoms with E-state index in [-0.39, 0.29) is 12.7 Å². The molecule has 0 radical (unpaired) electrons. The number of carbonyl (C=O) groups is 1. The van der Waals surface area contributed by atoms with Gasteiger partial charge >= 0.3 is 0 Å². The standard InChI is InChI=1S/C19H21NO4/c1-19(2,15-8-9-16-17(10-15)24-12-23-16)20-18(21)14-6-4-13(5-7-14)11-22-3/h4-10H,11-12H2,1-3H3,(H,20,21). The van der Waals surface area contributed by atoms with Crippen LogP contribution in [-0.2, 0) is 16.9 Å². The first-order valence-corrected chi connectivity index (χ1v) is 7.80. The average Bonchev–Trinajstić information content (AvgIpc) is 3.03. The summed E-state index contributed by atoms with van der Waals surface area (Å²) in [4.78, 5) is 12.5. The minimum absolute atomic E-state index is 0.123. The van der Waals surface area contributed by atoms with Crippen molar-refractivity contribution in [2.75, 3.05) is 13.9 Å². The van der Waals surface area contributed by atoms with Crippen LogP contribution in [0, 0.1) is 0 Å². The molecule has 5 nitrogen and oxygen atoms in total. The highest BCUT2D eigenvalue weighted by molar-refractivity contribution is 5.94. The molecule has 2 aromatic rings. The van der Waals surface area contributed by atoms with Crippen molar-refractivity contribution in [2.45, 2.75) is 26.0 Å². The van der Waals surface area contributed by atoms with Crippen LogP contribution in [0.15, 0.2) is 42.5 Å². The van der Waals surface area contributed by atoms with E-state index in [9.17, 15) is 4.79 Å². The van der Waals surface area contributed by atoms with Crippen molar-refractivity contribution in [3.63, 3.8) is 0 Å². The molecular weight excluding hydrogens is 306 g/mol. The van der Waals surface area contributed by atoms with Crippen molar-refractivity contribution < 1.29 is 19.0 Å². The van der Waals surface area contributed by atoms with Gasteiger partial charge < -0.3 is 19.5 Å². The van der Waals surface area contributed by atoms with Crippen molar-refractivity contribution in [2.24, 2.45) is 0 Å². The number of carbonyl (C=O) groups excluding carboxylic acids is 1. The first-order valence-electron chi connectivity index (χ1n) is 7.80. The van der Waals surface area contributed by atoms with Crippen LogP contribution in [0.4, 0.5) is 0 Å². The van der Waals surface area contributed by atoms with Gasteiger partial charge in [-0.1, -0.05) is 18.2 Å². The molecule has 1 N–H and O–H groups in total.